The van der Waals surface area contributed by atoms with Gasteiger partial charge in [0.1, 0.15) is 0 Å². The normalized spacial score (nSPS) is 12.8. The van der Waals surface area contributed by atoms with Crippen molar-refractivity contribution in [2.24, 2.45) is 0 Å². The van der Waals surface area contributed by atoms with Crippen LogP contribution in [-0.2, 0) is 31.9 Å². The number of anilines is 4. The zero-order valence-electron chi connectivity index (χ0n) is 37.2. The number of benzene rings is 7. The third-order valence-electron chi connectivity index (χ3n) is 12.2. The number of nitrogens with zero attached hydrogens (tertiary/aromatic N) is 4. The van der Waals surface area contributed by atoms with Gasteiger partial charge in [-0.1, -0.05) is 112 Å². The van der Waals surface area contributed by atoms with Gasteiger partial charge in [-0.25, -0.2) is 0 Å². The van der Waals surface area contributed by atoms with Crippen LogP contribution in [0, 0.1) is 18.8 Å². The Hall–Kier alpha value is -5.89. The number of aromatic nitrogens is 2. The molecule has 0 aliphatic carbocycles. The Balaban J connectivity index is 0.00000498. The van der Waals surface area contributed by atoms with Crippen LogP contribution in [0.15, 0.2) is 168 Å². The van der Waals surface area contributed by atoms with Crippen molar-refractivity contribution in [3.63, 3.8) is 0 Å². The first-order valence-corrected chi connectivity index (χ1v) is 24.4. The molecule has 0 N–H and O–H groups in total. The summed E-state index contributed by atoms with van der Waals surface area (Å²) in [7, 11) is 0. The Morgan fingerprint density at radius 2 is 1.23 bits per heavy atom. The smallest absolute Gasteiger partial charge is 0.493 e. The number of hydrogen-bond acceptors (Lipinski definition) is 4. The molecule has 10 aromatic rings. The molecule has 0 unspecified atom stereocenters. The SMILES string of the molecule is CC(C)(C)c1cc(Oc2[c-]c3c(cc2)c2ccccc2n3-c2cc(C(C)(C)C)c3[te]ccc3n2)[c-]c(N2[CH-]N(c3c(-c4ccccc4)cccc3-c3ccccc3)c3ccccc32)c1.[Pt]. The molecule has 11 rings (SSSR count). The summed E-state index contributed by atoms with van der Waals surface area (Å²) in [6, 6.07) is 65.7. The van der Waals surface area contributed by atoms with Gasteiger partial charge in [0, 0.05) is 49.3 Å². The van der Waals surface area contributed by atoms with Crippen molar-refractivity contribution in [2.45, 2.75) is 52.4 Å². The molecule has 5 nitrogen and oxygen atoms in total. The molecule has 7 aromatic carbocycles. The Labute approximate surface area is 405 Å². The maximum absolute atomic E-state index is 6.91. The zero-order chi connectivity index (χ0) is 43.7. The summed E-state index contributed by atoms with van der Waals surface area (Å²) >= 11 is -0.406. The first kappa shape index (κ1) is 43.0. The summed E-state index contributed by atoms with van der Waals surface area (Å²) in [6.07, 6.45) is 0. The van der Waals surface area contributed by atoms with Crippen molar-refractivity contribution in [1.29, 1.82) is 0 Å². The quantitative estimate of drug-likeness (QED) is 0.118. The summed E-state index contributed by atoms with van der Waals surface area (Å²) in [4.78, 5) is 9.89. The van der Waals surface area contributed by atoms with Crippen LogP contribution in [0.3, 0.4) is 0 Å². The minimum absolute atomic E-state index is 0. The number of fused-ring (bicyclic) bond motifs is 5. The molecule has 0 fully saturated rings. The van der Waals surface area contributed by atoms with Crippen LogP contribution in [0.25, 0.3) is 58.8 Å². The summed E-state index contributed by atoms with van der Waals surface area (Å²) in [5.41, 5.74) is 14.2. The van der Waals surface area contributed by atoms with Crippen molar-refractivity contribution in [2.75, 3.05) is 9.80 Å². The van der Waals surface area contributed by atoms with E-state index in [9.17, 15) is 0 Å². The standard InChI is InChI=1S/C58H47N4OTe.Pt/c1-57(2,3)40-32-41(60-37-61(52-27-16-15-26-51(52)60)55-44(38-18-9-7-10-19-38)23-17-24-45(55)39-20-11-8-12-21-39)34-43(33-40)63-42-28-29-47-46-22-13-14-25-50(46)62(53(47)35-42)54-36-48(58(4,5)6)56-49(59-54)30-31-64-56;/h7-33,36-37H,1-6H3;/q-3;. The van der Waals surface area contributed by atoms with E-state index in [0.717, 1.165) is 83.7 Å². The third kappa shape index (κ3) is 7.80. The van der Waals surface area contributed by atoms with Gasteiger partial charge in [0.15, 0.2) is 0 Å². The van der Waals surface area contributed by atoms with Gasteiger partial charge in [-0.15, -0.1) is 12.7 Å². The van der Waals surface area contributed by atoms with E-state index in [1.165, 1.54) is 8.97 Å². The summed E-state index contributed by atoms with van der Waals surface area (Å²) < 4.78 is 13.0. The van der Waals surface area contributed by atoms with Crippen molar-refractivity contribution in [3.05, 3.63) is 198 Å². The van der Waals surface area contributed by atoms with E-state index in [4.69, 9.17) is 9.72 Å². The Kier molecular flexibility index (Phi) is 11.1. The predicted molar refractivity (Wildman–Crippen MR) is 267 cm³/mol. The molecule has 0 atom stereocenters. The van der Waals surface area contributed by atoms with Gasteiger partial charge in [-0.3, -0.25) is 0 Å². The Bertz CT molecular complexity index is 3320. The Morgan fingerprint density at radius 3 is 1.91 bits per heavy atom. The van der Waals surface area contributed by atoms with E-state index in [-0.39, 0.29) is 31.9 Å². The molecule has 4 heterocycles. The van der Waals surface area contributed by atoms with Crippen molar-refractivity contribution in [1.82, 2.24) is 9.55 Å². The first-order chi connectivity index (χ1) is 31.0. The fraction of sp³-hybridized carbons (Fsp3) is 0.138. The van der Waals surface area contributed by atoms with Gasteiger partial charge in [0.2, 0.25) is 0 Å². The van der Waals surface area contributed by atoms with Crippen LogP contribution in [0.2, 0.25) is 0 Å². The predicted octanol–water partition coefficient (Wildman–Crippen LogP) is 15.1. The second kappa shape index (κ2) is 16.8. The molecule has 7 heteroatoms. The molecule has 65 heavy (non-hydrogen) atoms. The number of hydrogen-bond donors (Lipinski definition) is 0. The molecule has 0 amide bonds. The molecule has 0 spiro atoms. The number of para-hydroxylation sites is 4. The molecule has 0 saturated carbocycles. The van der Waals surface area contributed by atoms with Gasteiger partial charge in [-0.05, 0) is 28.7 Å². The van der Waals surface area contributed by atoms with Gasteiger partial charge < -0.3 is 9.80 Å². The van der Waals surface area contributed by atoms with E-state index in [1.54, 1.807) is 0 Å². The van der Waals surface area contributed by atoms with Gasteiger partial charge in [-0.2, -0.15) is 0 Å². The van der Waals surface area contributed by atoms with Crippen LogP contribution < -0.4 is 14.5 Å². The molecule has 0 radical (unpaired) electrons. The van der Waals surface area contributed by atoms with Crippen LogP contribution in [-0.4, -0.2) is 30.0 Å². The Morgan fingerprint density at radius 1 is 0.585 bits per heavy atom. The topological polar surface area (TPSA) is 33.5 Å². The average Bonchev–Trinajstić information content (AvgIpc) is 4.03. The number of ether oxygens (including phenoxy) is 1. The van der Waals surface area contributed by atoms with E-state index < -0.39 is 20.4 Å². The molecule has 3 aromatic heterocycles. The van der Waals surface area contributed by atoms with Crippen LogP contribution in [0.1, 0.15) is 52.7 Å². The summed E-state index contributed by atoms with van der Waals surface area (Å²) in [5, 5.41) is 2.26. The van der Waals surface area contributed by atoms with Gasteiger partial charge >= 0.3 is 197 Å². The molecular weight excluding hydrogens is 1090 g/mol. The third-order valence-corrected chi connectivity index (χ3v) is 14.9. The molecular formula is C58H47N4OPtTe-3. The second-order valence-electron chi connectivity index (χ2n) is 18.6. The summed E-state index contributed by atoms with van der Waals surface area (Å²) in [5.74, 6) is 2.15. The molecule has 0 saturated heterocycles. The van der Waals surface area contributed by atoms with Gasteiger partial charge in [0.05, 0.1) is 0 Å². The van der Waals surface area contributed by atoms with E-state index in [2.05, 4.69) is 237 Å². The minimum atomic E-state index is -0.406. The molecule has 324 valence electrons. The van der Waals surface area contributed by atoms with Crippen LogP contribution >= 0.6 is 0 Å². The molecule has 0 bridgehead atoms. The molecule has 1 aliphatic heterocycles. The monoisotopic (exact) mass is 1140 g/mol. The van der Waals surface area contributed by atoms with Crippen LogP contribution in [0.5, 0.6) is 11.5 Å². The number of pyridine rings is 1. The average molecular weight is 1140 g/mol. The summed E-state index contributed by atoms with van der Waals surface area (Å²) in [6.45, 7) is 15.9. The van der Waals surface area contributed by atoms with Gasteiger partial charge in [0.25, 0.3) is 0 Å². The second-order valence-corrected chi connectivity index (χ2v) is 21.2. The van der Waals surface area contributed by atoms with E-state index in [0.29, 0.717) is 11.5 Å². The van der Waals surface area contributed by atoms with Crippen molar-refractivity contribution >= 4 is 73.9 Å². The number of rotatable bonds is 7. The van der Waals surface area contributed by atoms with E-state index in [1.807, 2.05) is 6.07 Å². The minimum Gasteiger partial charge on any atom is -0.493 e. The zero-order valence-corrected chi connectivity index (χ0v) is 41.8. The van der Waals surface area contributed by atoms with Crippen LogP contribution in [0.4, 0.5) is 22.7 Å². The fourth-order valence-corrected chi connectivity index (χ4v) is 12.1. The fourth-order valence-electron chi connectivity index (χ4n) is 9.04. The van der Waals surface area contributed by atoms with Crippen molar-refractivity contribution in [3.8, 4) is 39.6 Å². The first-order valence-electron chi connectivity index (χ1n) is 21.9. The van der Waals surface area contributed by atoms with Crippen molar-refractivity contribution < 1.29 is 25.8 Å². The van der Waals surface area contributed by atoms with E-state index >= 15 is 0 Å². The molecule has 1 aliphatic rings. The maximum atomic E-state index is 6.91.